The van der Waals surface area contributed by atoms with Gasteiger partial charge in [0.15, 0.2) is 5.16 Å². The number of anilines is 1. The fourth-order valence-electron chi connectivity index (χ4n) is 3.15. The third-order valence-corrected chi connectivity index (χ3v) is 5.46. The Bertz CT molecular complexity index is 781. The second-order valence-corrected chi connectivity index (χ2v) is 7.17. The van der Waals surface area contributed by atoms with Gasteiger partial charge in [0.1, 0.15) is 5.82 Å². The highest BCUT2D eigenvalue weighted by Gasteiger charge is 2.30. The number of fused-ring (bicyclic) bond motifs is 1. The maximum Gasteiger partial charge on any atom is 0.237 e. The van der Waals surface area contributed by atoms with Crippen molar-refractivity contribution in [1.29, 1.82) is 0 Å². The van der Waals surface area contributed by atoms with E-state index in [0.717, 1.165) is 29.6 Å². The van der Waals surface area contributed by atoms with E-state index in [1.165, 1.54) is 30.2 Å². The molecule has 1 aromatic heterocycles. The van der Waals surface area contributed by atoms with Crippen LogP contribution in [0.15, 0.2) is 42.1 Å². The lowest BCUT2D eigenvalue weighted by Crippen LogP contribution is -2.30. The molecule has 0 unspecified atom stereocenters. The number of para-hydroxylation sites is 1. The fraction of sp³-hybridized carbons (Fsp3) is 0.389. The summed E-state index contributed by atoms with van der Waals surface area (Å²) in [4.78, 5) is 14.5. The number of nitrogens with zero attached hydrogens (tertiary/aromatic N) is 4. The molecule has 1 aliphatic heterocycles. The minimum absolute atomic E-state index is 0.131. The van der Waals surface area contributed by atoms with Crippen LogP contribution in [0.2, 0.25) is 0 Å². The predicted molar refractivity (Wildman–Crippen MR) is 95.4 cm³/mol. The van der Waals surface area contributed by atoms with Crippen molar-refractivity contribution in [3.05, 3.63) is 48.3 Å². The molecule has 1 aromatic carbocycles. The van der Waals surface area contributed by atoms with Crippen LogP contribution in [0, 0.1) is 0 Å². The fourth-order valence-corrected chi connectivity index (χ4v) is 3.98. The van der Waals surface area contributed by atoms with Crippen LogP contribution in [0.1, 0.15) is 30.1 Å². The second-order valence-electron chi connectivity index (χ2n) is 6.23. The first-order chi connectivity index (χ1) is 11.8. The van der Waals surface area contributed by atoms with Crippen molar-refractivity contribution in [1.82, 2.24) is 14.8 Å². The highest BCUT2D eigenvalue weighted by atomic mass is 32.2. The van der Waals surface area contributed by atoms with Gasteiger partial charge in [-0.2, -0.15) is 0 Å². The predicted octanol–water partition coefficient (Wildman–Crippen LogP) is 3.02. The molecular weight excluding hydrogens is 320 g/mol. The standard InChI is InChI=1S/C18H20N4OS/c1-2-10-22-17(14-7-8-14)19-20-18(22)24-12-16(23)21-11-9-13-5-3-4-6-15(13)21/h2-6,14H,1,7-12H2. The van der Waals surface area contributed by atoms with E-state index in [-0.39, 0.29) is 5.91 Å². The molecule has 0 bridgehead atoms. The van der Waals surface area contributed by atoms with E-state index in [1.54, 1.807) is 0 Å². The summed E-state index contributed by atoms with van der Waals surface area (Å²) in [6.45, 7) is 5.29. The normalized spacial score (nSPS) is 16.2. The van der Waals surface area contributed by atoms with Crippen LogP contribution < -0.4 is 4.90 Å². The van der Waals surface area contributed by atoms with Gasteiger partial charge in [-0.25, -0.2) is 0 Å². The Kier molecular flexibility index (Phi) is 4.14. The quantitative estimate of drug-likeness (QED) is 0.599. The van der Waals surface area contributed by atoms with Gasteiger partial charge in [0.05, 0.1) is 5.75 Å². The van der Waals surface area contributed by atoms with Crippen molar-refractivity contribution in [3.63, 3.8) is 0 Å². The maximum absolute atomic E-state index is 12.6. The number of allylic oxidation sites excluding steroid dienone is 1. The molecule has 0 saturated heterocycles. The van der Waals surface area contributed by atoms with Crippen molar-refractivity contribution in [3.8, 4) is 0 Å². The van der Waals surface area contributed by atoms with Gasteiger partial charge in [-0.3, -0.25) is 4.79 Å². The maximum atomic E-state index is 12.6. The van der Waals surface area contributed by atoms with E-state index in [9.17, 15) is 4.79 Å². The molecule has 1 saturated carbocycles. The molecule has 0 radical (unpaired) electrons. The molecule has 1 aliphatic carbocycles. The minimum Gasteiger partial charge on any atom is -0.311 e. The van der Waals surface area contributed by atoms with Crippen molar-refractivity contribution in [2.75, 3.05) is 17.2 Å². The molecule has 5 nitrogen and oxygen atoms in total. The molecule has 4 rings (SSSR count). The number of benzene rings is 1. The highest BCUT2D eigenvalue weighted by Crippen LogP contribution is 2.40. The van der Waals surface area contributed by atoms with Gasteiger partial charge < -0.3 is 9.47 Å². The Balaban J connectivity index is 1.46. The van der Waals surface area contributed by atoms with Crippen LogP contribution in [0.3, 0.4) is 0 Å². The smallest absolute Gasteiger partial charge is 0.237 e. The van der Waals surface area contributed by atoms with Crippen molar-refractivity contribution in [2.24, 2.45) is 0 Å². The Hall–Kier alpha value is -2.08. The number of thioether (sulfide) groups is 1. The molecule has 2 heterocycles. The number of carbonyl (C=O) groups is 1. The Labute approximate surface area is 145 Å². The first-order valence-electron chi connectivity index (χ1n) is 8.33. The van der Waals surface area contributed by atoms with Gasteiger partial charge in [0, 0.05) is 24.7 Å². The number of hydrogen-bond donors (Lipinski definition) is 0. The Morgan fingerprint density at radius 2 is 2.17 bits per heavy atom. The summed E-state index contributed by atoms with van der Waals surface area (Å²) in [6, 6.07) is 8.13. The van der Waals surface area contributed by atoms with Crippen LogP contribution in [0.5, 0.6) is 0 Å². The van der Waals surface area contributed by atoms with Crippen LogP contribution in [0.25, 0.3) is 0 Å². The van der Waals surface area contributed by atoms with Crippen LogP contribution in [0.4, 0.5) is 5.69 Å². The SMILES string of the molecule is C=CCn1c(SCC(=O)N2CCc3ccccc32)nnc1C1CC1. The van der Waals surface area contributed by atoms with Crippen LogP contribution in [-0.4, -0.2) is 33.0 Å². The zero-order valence-electron chi connectivity index (χ0n) is 13.5. The summed E-state index contributed by atoms with van der Waals surface area (Å²) >= 11 is 1.47. The van der Waals surface area contributed by atoms with Gasteiger partial charge >= 0.3 is 0 Å². The molecular formula is C18H20N4OS. The Morgan fingerprint density at radius 1 is 1.33 bits per heavy atom. The highest BCUT2D eigenvalue weighted by molar-refractivity contribution is 7.99. The molecule has 0 N–H and O–H groups in total. The van der Waals surface area contributed by atoms with E-state index >= 15 is 0 Å². The van der Waals surface area contributed by atoms with Crippen LogP contribution in [-0.2, 0) is 17.8 Å². The molecule has 6 heteroatoms. The zero-order valence-corrected chi connectivity index (χ0v) is 14.3. The zero-order chi connectivity index (χ0) is 16.5. The van der Waals surface area contributed by atoms with E-state index in [1.807, 2.05) is 29.2 Å². The molecule has 0 spiro atoms. The topological polar surface area (TPSA) is 51.0 Å². The average molecular weight is 340 g/mol. The first kappa shape index (κ1) is 15.4. The van der Waals surface area contributed by atoms with E-state index < -0.39 is 0 Å². The summed E-state index contributed by atoms with van der Waals surface area (Å²) in [5.41, 5.74) is 2.30. The summed E-state index contributed by atoms with van der Waals surface area (Å²) in [7, 11) is 0. The number of aromatic nitrogens is 3. The summed E-state index contributed by atoms with van der Waals surface area (Å²) in [5, 5.41) is 9.44. The Morgan fingerprint density at radius 3 is 2.96 bits per heavy atom. The van der Waals surface area contributed by atoms with Gasteiger partial charge in [0.2, 0.25) is 5.91 Å². The monoisotopic (exact) mass is 340 g/mol. The van der Waals surface area contributed by atoms with Crippen molar-refractivity contribution in [2.45, 2.75) is 36.9 Å². The van der Waals surface area contributed by atoms with E-state index in [0.29, 0.717) is 18.2 Å². The number of amides is 1. The van der Waals surface area contributed by atoms with Crippen LogP contribution >= 0.6 is 11.8 Å². The summed E-state index contributed by atoms with van der Waals surface area (Å²) in [5.74, 6) is 2.09. The third kappa shape index (κ3) is 2.86. The van der Waals surface area contributed by atoms with E-state index in [4.69, 9.17) is 0 Å². The summed E-state index contributed by atoms with van der Waals surface area (Å²) < 4.78 is 2.10. The molecule has 1 amide bonds. The molecule has 124 valence electrons. The van der Waals surface area contributed by atoms with Gasteiger partial charge in [-0.05, 0) is 30.9 Å². The number of rotatable bonds is 6. The molecule has 2 aliphatic rings. The molecule has 24 heavy (non-hydrogen) atoms. The minimum atomic E-state index is 0.131. The number of carbonyl (C=O) groups excluding carboxylic acids is 1. The van der Waals surface area contributed by atoms with E-state index in [2.05, 4.69) is 27.4 Å². The lowest BCUT2D eigenvalue weighted by atomic mass is 10.2. The lowest BCUT2D eigenvalue weighted by molar-refractivity contribution is -0.116. The molecule has 2 aromatic rings. The second kappa shape index (κ2) is 6.43. The van der Waals surface area contributed by atoms with Gasteiger partial charge in [0.25, 0.3) is 0 Å². The molecule has 1 fully saturated rings. The lowest BCUT2D eigenvalue weighted by Gasteiger charge is -2.17. The van der Waals surface area contributed by atoms with Gasteiger partial charge in [-0.15, -0.1) is 16.8 Å². The van der Waals surface area contributed by atoms with Crippen molar-refractivity contribution >= 4 is 23.4 Å². The average Bonchev–Trinajstić information content (AvgIpc) is 3.23. The third-order valence-electron chi connectivity index (χ3n) is 4.51. The van der Waals surface area contributed by atoms with Crippen molar-refractivity contribution < 1.29 is 4.79 Å². The summed E-state index contributed by atoms with van der Waals surface area (Å²) in [6.07, 6.45) is 5.16. The molecule has 0 atom stereocenters. The number of hydrogen-bond acceptors (Lipinski definition) is 4. The first-order valence-corrected chi connectivity index (χ1v) is 9.31. The van der Waals surface area contributed by atoms with Gasteiger partial charge in [-0.1, -0.05) is 36.0 Å². The largest absolute Gasteiger partial charge is 0.311 e.